The number of hydrogen-bond acceptors (Lipinski definition) is 2. The van der Waals surface area contributed by atoms with Crippen molar-refractivity contribution in [1.82, 2.24) is 0 Å². The smallest absolute Gasteiger partial charge is 0.120 e. The largest absolute Gasteiger partial charge is 0.490 e. The number of rotatable bonds is 4. The lowest BCUT2D eigenvalue weighted by Gasteiger charge is -2.53. The van der Waals surface area contributed by atoms with E-state index in [1.807, 2.05) is 24.3 Å². The van der Waals surface area contributed by atoms with Crippen LogP contribution in [0, 0.1) is 5.41 Å². The van der Waals surface area contributed by atoms with Gasteiger partial charge in [0.1, 0.15) is 11.9 Å². The van der Waals surface area contributed by atoms with Gasteiger partial charge in [0.15, 0.2) is 0 Å². The van der Waals surface area contributed by atoms with Crippen molar-refractivity contribution in [1.29, 1.82) is 0 Å². The van der Waals surface area contributed by atoms with Crippen molar-refractivity contribution >= 4 is 15.9 Å². The van der Waals surface area contributed by atoms with Crippen LogP contribution in [0.3, 0.4) is 0 Å². The summed E-state index contributed by atoms with van der Waals surface area (Å²) in [6, 6.07) is 8.31. The van der Waals surface area contributed by atoms with E-state index in [0.717, 1.165) is 29.5 Å². The molecular weight excluding hydrogens is 278 g/mol. The van der Waals surface area contributed by atoms with E-state index in [-0.39, 0.29) is 17.6 Å². The zero-order valence-corrected chi connectivity index (χ0v) is 12.0. The maximum Gasteiger partial charge on any atom is 0.120 e. The molecule has 2 atom stereocenters. The maximum atomic E-state index is 6.16. The summed E-state index contributed by atoms with van der Waals surface area (Å²) < 4.78 is 7.14. The summed E-state index contributed by atoms with van der Waals surface area (Å²) in [5.74, 6) is 0.933. The first kappa shape index (κ1) is 12.9. The van der Waals surface area contributed by atoms with Gasteiger partial charge in [0.05, 0.1) is 0 Å². The van der Waals surface area contributed by atoms with Crippen LogP contribution in [0.25, 0.3) is 0 Å². The standard InChI is InChI=1S/C14H20BrNO/c1-3-14(4-2)12(16)9-13(14)17-11-7-5-6-10(15)8-11/h5-8,12-13H,3-4,9,16H2,1-2H3. The number of nitrogens with two attached hydrogens (primary N) is 1. The van der Waals surface area contributed by atoms with Crippen molar-refractivity contribution < 1.29 is 4.74 Å². The summed E-state index contributed by atoms with van der Waals surface area (Å²) in [6.07, 6.45) is 3.41. The monoisotopic (exact) mass is 297 g/mol. The molecular formula is C14H20BrNO. The van der Waals surface area contributed by atoms with Crippen molar-refractivity contribution in [2.24, 2.45) is 11.1 Å². The molecule has 3 heteroatoms. The Morgan fingerprint density at radius 1 is 1.41 bits per heavy atom. The van der Waals surface area contributed by atoms with E-state index >= 15 is 0 Å². The zero-order chi connectivity index (χ0) is 12.5. The Labute approximate surface area is 112 Å². The zero-order valence-electron chi connectivity index (χ0n) is 10.4. The summed E-state index contributed by atoms with van der Waals surface area (Å²) in [7, 11) is 0. The van der Waals surface area contributed by atoms with E-state index in [9.17, 15) is 0 Å². The second-order valence-electron chi connectivity index (χ2n) is 4.85. The molecule has 2 unspecified atom stereocenters. The maximum absolute atomic E-state index is 6.16. The predicted molar refractivity (Wildman–Crippen MR) is 74.2 cm³/mol. The van der Waals surface area contributed by atoms with Gasteiger partial charge in [-0.05, 0) is 31.0 Å². The van der Waals surface area contributed by atoms with Gasteiger partial charge in [0, 0.05) is 22.4 Å². The highest BCUT2D eigenvalue weighted by Gasteiger charge is 2.52. The van der Waals surface area contributed by atoms with Crippen molar-refractivity contribution in [2.75, 3.05) is 0 Å². The quantitative estimate of drug-likeness (QED) is 0.919. The summed E-state index contributed by atoms with van der Waals surface area (Å²) in [6.45, 7) is 4.42. The fourth-order valence-electron chi connectivity index (χ4n) is 2.88. The van der Waals surface area contributed by atoms with E-state index in [2.05, 4.69) is 29.8 Å². The molecule has 0 bridgehead atoms. The molecule has 0 amide bonds. The molecule has 2 rings (SSSR count). The van der Waals surface area contributed by atoms with Crippen LogP contribution in [0.5, 0.6) is 5.75 Å². The van der Waals surface area contributed by atoms with Gasteiger partial charge in [-0.15, -0.1) is 0 Å². The van der Waals surface area contributed by atoms with Crippen LogP contribution in [0.1, 0.15) is 33.1 Å². The lowest BCUT2D eigenvalue weighted by Crippen LogP contribution is -2.62. The first-order valence-corrected chi connectivity index (χ1v) is 7.09. The van der Waals surface area contributed by atoms with Crippen molar-refractivity contribution in [3.8, 4) is 5.75 Å². The first-order chi connectivity index (χ1) is 8.12. The molecule has 0 heterocycles. The third-order valence-corrected chi connectivity index (χ3v) is 4.73. The third-order valence-electron chi connectivity index (χ3n) is 4.24. The van der Waals surface area contributed by atoms with Crippen LogP contribution >= 0.6 is 15.9 Å². The number of halogens is 1. The molecule has 1 aromatic rings. The van der Waals surface area contributed by atoms with Crippen LogP contribution in [-0.4, -0.2) is 12.1 Å². The van der Waals surface area contributed by atoms with Crippen molar-refractivity contribution in [2.45, 2.75) is 45.3 Å². The lowest BCUT2D eigenvalue weighted by atomic mass is 9.59. The molecule has 0 spiro atoms. The van der Waals surface area contributed by atoms with Crippen LogP contribution in [0.2, 0.25) is 0 Å². The average Bonchev–Trinajstić information content (AvgIpc) is 2.30. The van der Waals surface area contributed by atoms with Crippen LogP contribution in [0.15, 0.2) is 28.7 Å². The fraction of sp³-hybridized carbons (Fsp3) is 0.571. The second-order valence-corrected chi connectivity index (χ2v) is 5.76. The molecule has 0 saturated heterocycles. The Hall–Kier alpha value is -0.540. The fourth-order valence-corrected chi connectivity index (χ4v) is 3.26. The summed E-state index contributed by atoms with van der Waals surface area (Å²) in [5, 5.41) is 0. The van der Waals surface area contributed by atoms with Gasteiger partial charge in [-0.25, -0.2) is 0 Å². The van der Waals surface area contributed by atoms with E-state index in [0.29, 0.717) is 0 Å². The highest BCUT2D eigenvalue weighted by Crippen LogP contribution is 2.47. The summed E-state index contributed by atoms with van der Waals surface area (Å²) in [5.41, 5.74) is 6.33. The van der Waals surface area contributed by atoms with Gasteiger partial charge in [-0.2, -0.15) is 0 Å². The van der Waals surface area contributed by atoms with Gasteiger partial charge in [0.2, 0.25) is 0 Å². The molecule has 17 heavy (non-hydrogen) atoms. The molecule has 1 aliphatic carbocycles. The third kappa shape index (κ3) is 2.23. The van der Waals surface area contributed by atoms with Gasteiger partial charge < -0.3 is 10.5 Å². The molecule has 2 N–H and O–H groups in total. The molecule has 0 aromatic heterocycles. The van der Waals surface area contributed by atoms with E-state index in [1.54, 1.807) is 0 Å². The second kappa shape index (κ2) is 4.99. The van der Waals surface area contributed by atoms with Gasteiger partial charge in [-0.3, -0.25) is 0 Å². The molecule has 2 nitrogen and oxygen atoms in total. The van der Waals surface area contributed by atoms with Gasteiger partial charge in [0.25, 0.3) is 0 Å². The minimum Gasteiger partial charge on any atom is -0.490 e. The Morgan fingerprint density at radius 2 is 2.12 bits per heavy atom. The van der Waals surface area contributed by atoms with Crippen LogP contribution < -0.4 is 10.5 Å². The Bertz CT molecular complexity index is 390. The number of benzene rings is 1. The molecule has 1 fully saturated rings. The van der Waals surface area contributed by atoms with E-state index in [1.165, 1.54) is 0 Å². The average molecular weight is 298 g/mol. The Kier molecular flexibility index (Phi) is 3.79. The Balaban J connectivity index is 2.10. The molecule has 0 radical (unpaired) electrons. The molecule has 0 aliphatic heterocycles. The highest BCUT2D eigenvalue weighted by molar-refractivity contribution is 9.10. The summed E-state index contributed by atoms with van der Waals surface area (Å²) >= 11 is 3.46. The van der Waals surface area contributed by atoms with E-state index < -0.39 is 0 Å². The van der Waals surface area contributed by atoms with Crippen LogP contribution in [-0.2, 0) is 0 Å². The topological polar surface area (TPSA) is 35.2 Å². The van der Waals surface area contributed by atoms with E-state index in [4.69, 9.17) is 10.5 Å². The molecule has 1 aromatic carbocycles. The van der Waals surface area contributed by atoms with Crippen molar-refractivity contribution in [3.05, 3.63) is 28.7 Å². The molecule has 94 valence electrons. The predicted octanol–water partition coefficient (Wildman–Crippen LogP) is 3.73. The molecule has 1 aliphatic rings. The minimum absolute atomic E-state index is 0.169. The SMILES string of the molecule is CCC1(CC)C(N)CC1Oc1cccc(Br)c1. The summed E-state index contributed by atoms with van der Waals surface area (Å²) in [4.78, 5) is 0. The normalized spacial score (nSPS) is 26.4. The van der Waals surface area contributed by atoms with Crippen molar-refractivity contribution in [3.63, 3.8) is 0 Å². The molecule has 1 saturated carbocycles. The number of ether oxygens (including phenoxy) is 1. The lowest BCUT2D eigenvalue weighted by molar-refractivity contribution is -0.0722. The first-order valence-electron chi connectivity index (χ1n) is 6.30. The minimum atomic E-state index is 0.169. The number of hydrogen-bond donors (Lipinski definition) is 1. The Morgan fingerprint density at radius 3 is 2.65 bits per heavy atom. The van der Waals surface area contributed by atoms with Gasteiger partial charge >= 0.3 is 0 Å². The van der Waals surface area contributed by atoms with Crippen LogP contribution in [0.4, 0.5) is 0 Å². The van der Waals surface area contributed by atoms with Gasteiger partial charge in [-0.1, -0.05) is 35.8 Å². The highest BCUT2D eigenvalue weighted by atomic mass is 79.9.